The summed E-state index contributed by atoms with van der Waals surface area (Å²) in [6.07, 6.45) is 0.976. The summed E-state index contributed by atoms with van der Waals surface area (Å²) in [5.41, 5.74) is 4.83. The van der Waals surface area contributed by atoms with Gasteiger partial charge in [0.1, 0.15) is 10.0 Å². The van der Waals surface area contributed by atoms with Gasteiger partial charge in [0.2, 0.25) is 5.91 Å². The van der Waals surface area contributed by atoms with Gasteiger partial charge in [0, 0.05) is 37.0 Å². The SMILES string of the molecule is CC(=O)Nc1sc2c(c1-c1nc3ccccc3s1)CCN(Cc1ccccc1)C2. The average Bonchev–Trinajstić information content (AvgIpc) is 3.28. The number of carbonyl (C=O) groups excluding carboxylic acids is 1. The summed E-state index contributed by atoms with van der Waals surface area (Å²) in [5.74, 6) is -0.0351. The van der Waals surface area contributed by atoms with E-state index in [9.17, 15) is 4.79 Å². The van der Waals surface area contributed by atoms with E-state index in [-0.39, 0.29) is 5.91 Å². The Morgan fingerprint density at radius 2 is 1.90 bits per heavy atom. The van der Waals surface area contributed by atoms with Gasteiger partial charge in [-0.1, -0.05) is 42.5 Å². The number of benzene rings is 2. The third-order valence-corrected chi connectivity index (χ3v) is 7.37. The summed E-state index contributed by atoms with van der Waals surface area (Å²) in [7, 11) is 0. The van der Waals surface area contributed by atoms with Crippen molar-refractivity contribution in [3.05, 3.63) is 70.6 Å². The van der Waals surface area contributed by atoms with Crippen LogP contribution in [0, 0.1) is 0 Å². The van der Waals surface area contributed by atoms with E-state index in [0.717, 1.165) is 47.1 Å². The minimum Gasteiger partial charge on any atom is -0.317 e. The third kappa shape index (κ3) is 3.71. The lowest BCUT2D eigenvalue weighted by molar-refractivity contribution is -0.114. The van der Waals surface area contributed by atoms with Crippen molar-refractivity contribution in [3.63, 3.8) is 0 Å². The lowest BCUT2D eigenvalue weighted by Gasteiger charge is -2.27. The van der Waals surface area contributed by atoms with Crippen LogP contribution in [0.1, 0.15) is 22.9 Å². The molecule has 1 aliphatic heterocycles. The van der Waals surface area contributed by atoms with Crippen molar-refractivity contribution in [2.45, 2.75) is 26.4 Å². The number of amides is 1. The van der Waals surface area contributed by atoms with E-state index < -0.39 is 0 Å². The smallest absolute Gasteiger partial charge is 0.221 e. The first kappa shape index (κ1) is 18.5. The van der Waals surface area contributed by atoms with Gasteiger partial charge < -0.3 is 5.32 Å². The van der Waals surface area contributed by atoms with Crippen LogP contribution >= 0.6 is 22.7 Å². The predicted molar refractivity (Wildman–Crippen MR) is 121 cm³/mol. The second-order valence-electron chi connectivity index (χ2n) is 7.32. The van der Waals surface area contributed by atoms with Crippen LogP contribution < -0.4 is 5.32 Å². The molecule has 6 heteroatoms. The first-order valence-electron chi connectivity index (χ1n) is 9.72. The van der Waals surface area contributed by atoms with Gasteiger partial charge in [-0.25, -0.2) is 4.98 Å². The first-order valence-corrected chi connectivity index (χ1v) is 11.3. The number of thiophene rings is 1. The number of aromatic nitrogens is 1. The molecule has 2 aromatic carbocycles. The molecule has 0 radical (unpaired) electrons. The molecule has 0 atom stereocenters. The Hall–Kier alpha value is -2.54. The van der Waals surface area contributed by atoms with Gasteiger partial charge in [0.15, 0.2) is 0 Å². The van der Waals surface area contributed by atoms with Crippen LogP contribution in [0.25, 0.3) is 20.8 Å². The van der Waals surface area contributed by atoms with Crippen LogP contribution in [0.15, 0.2) is 54.6 Å². The fraction of sp³-hybridized carbons (Fsp3) is 0.217. The summed E-state index contributed by atoms with van der Waals surface area (Å²) in [6, 6.07) is 18.8. The fourth-order valence-corrected chi connectivity index (χ4v) is 6.33. The molecule has 1 aliphatic rings. The number of fused-ring (bicyclic) bond motifs is 2. The van der Waals surface area contributed by atoms with Crippen molar-refractivity contribution in [1.82, 2.24) is 9.88 Å². The van der Waals surface area contributed by atoms with Gasteiger partial charge in [-0.3, -0.25) is 9.69 Å². The standard InChI is InChI=1S/C23H21N3OS2/c1-15(27)24-22-21(23-25-18-9-5-6-10-19(18)28-23)17-11-12-26(14-20(17)29-22)13-16-7-3-2-4-8-16/h2-10H,11-14H2,1H3,(H,24,27). The molecule has 1 amide bonds. The zero-order chi connectivity index (χ0) is 19.8. The Balaban J connectivity index is 1.51. The van der Waals surface area contributed by atoms with Crippen molar-refractivity contribution in [2.75, 3.05) is 11.9 Å². The molecule has 146 valence electrons. The first-order chi connectivity index (χ1) is 14.2. The normalized spacial score (nSPS) is 14.1. The highest BCUT2D eigenvalue weighted by Crippen LogP contribution is 2.45. The summed E-state index contributed by atoms with van der Waals surface area (Å²) in [6.45, 7) is 4.44. The molecule has 0 saturated carbocycles. The summed E-state index contributed by atoms with van der Waals surface area (Å²) < 4.78 is 1.18. The van der Waals surface area contributed by atoms with Gasteiger partial charge in [-0.05, 0) is 29.7 Å². The van der Waals surface area contributed by atoms with E-state index in [1.807, 2.05) is 18.2 Å². The number of anilines is 1. The maximum absolute atomic E-state index is 11.9. The monoisotopic (exact) mass is 419 g/mol. The zero-order valence-corrected chi connectivity index (χ0v) is 17.8. The largest absolute Gasteiger partial charge is 0.317 e. The van der Waals surface area contributed by atoms with E-state index in [1.54, 1.807) is 29.6 Å². The predicted octanol–water partition coefficient (Wildman–Crippen LogP) is 5.54. The molecule has 0 saturated heterocycles. The summed E-state index contributed by atoms with van der Waals surface area (Å²) >= 11 is 3.41. The van der Waals surface area contributed by atoms with Crippen LogP contribution in [-0.2, 0) is 24.3 Å². The van der Waals surface area contributed by atoms with Crippen LogP contribution in [0.5, 0.6) is 0 Å². The molecule has 5 rings (SSSR count). The highest BCUT2D eigenvalue weighted by molar-refractivity contribution is 7.22. The molecule has 0 spiro atoms. The van der Waals surface area contributed by atoms with E-state index in [1.165, 1.54) is 20.7 Å². The van der Waals surface area contributed by atoms with Crippen molar-refractivity contribution in [2.24, 2.45) is 0 Å². The highest BCUT2D eigenvalue weighted by atomic mass is 32.1. The Bertz CT molecular complexity index is 1150. The number of nitrogens with one attached hydrogen (secondary N) is 1. The number of hydrogen-bond acceptors (Lipinski definition) is 5. The molecular weight excluding hydrogens is 398 g/mol. The number of hydrogen-bond donors (Lipinski definition) is 1. The van der Waals surface area contributed by atoms with E-state index in [0.29, 0.717) is 0 Å². The number of carbonyl (C=O) groups is 1. The molecule has 0 fully saturated rings. The molecule has 0 bridgehead atoms. The van der Waals surface area contributed by atoms with Gasteiger partial charge >= 0.3 is 0 Å². The number of rotatable bonds is 4. The van der Waals surface area contributed by atoms with E-state index in [2.05, 4.69) is 46.6 Å². The lowest BCUT2D eigenvalue weighted by atomic mass is 10.0. The quantitative estimate of drug-likeness (QED) is 0.472. The molecule has 4 aromatic rings. The Kier molecular flexibility index (Phi) is 4.91. The van der Waals surface area contributed by atoms with Crippen LogP contribution in [0.3, 0.4) is 0 Å². The van der Waals surface area contributed by atoms with Crippen molar-refractivity contribution in [1.29, 1.82) is 0 Å². The summed E-state index contributed by atoms with van der Waals surface area (Å²) in [5, 5.41) is 5.00. The van der Waals surface area contributed by atoms with Crippen molar-refractivity contribution >= 4 is 43.8 Å². The van der Waals surface area contributed by atoms with Gasteiger partial charge in [-0.15, -0.1) is 22.7 Å². The minimum absolute atomic E-state index is 0.0351. The maximum atomic E-state index is 11.9. The minimum atomic E-state index is -0.0351. The molecule has 4 nitrogen and oxygen atoms in total. The Morgan fingerprint density at radius 3 is 2.69 bits per heavy atom. The van der Waals surface area contributed by atoms with Crippen LogP contribution in [-0.4, -0.2) is 22.3 Å². The second kappa shape index (κ2) is 7.71. The van der Waals surface area contributed by atoms with Crippen molar-refractivity contribution in [3.8, 4) is 10.6 Å². The van der Waals surface area contributed by atoms with Crippen LogP contribution in [0.2, 0.25) is 0 Å². The molecule has 1 N–H and O–H groups in total. The van der Waals surface area contributed by atoms with Gasteiger partial charge in [-0.2, -0.15) is 0 Å². The summed E-state index contributed by atoms with van der Waals surface area (Å²) in [4.78, 5) is 20.6. The number of thiazole rings is 1. The zero-order valence-electron chi connectivity index (χ0n) is 16.1. The molecule has 0 aliphatic carbocycles. The maximum Gasteiger partial charge on any atom is 0.221 e. The van der Waals surface area contributed by atoms with Gasteiger partial charge in [0.25, 0.3) is 0 Å². The second-order valence-corrected chi connectivity index (χ2v) is 9.46. The van der Waals surface area contributed by atoms with E-state index >= 15 is 0 Å². The van der Waals surface area contributed by atoms with E-state index in [4.69, 9.17) is 4.98 Å². The van der Waals surface area contributed by atoms with Gasteiger partial charge in [0.05, 0.1) is 10.2 Å². The average molecular weight is 420 g/mol. The number of para-hydroxylation sites is 1. The molecular formula is C23H21N3OS2. The number of nitrogens with zero attached hydrogens (tertiary/aromatic N) is 2. The molecule has 29 heavy (non-hydrogen) atoms. The molecule has 0 unspecified atom stereocenters. The Labute approximate surface area is 177 Å². The topological polar surface area (TPSA) is 45.2 Å². The highest BCUT2D eigenvalue weighted by Gasteiger charge is 2.27. The third-order valence-electron chi connectivity index (χ3n) is 5.18. The van der Waals surface area contributed by atoms with Crippen molar-refractivity contribution < 1.29 is 4.79 Å². The fourth-order valence-electron chi connectivity index (χ4n) is 3.89. The lowest BCUT2D eigenvalue weighted by Crippen LogP contribution is -2.29. The molecule has 3 heterocycles. The van der Waals surface area contributed by atoms with Crippen LogP contribution in [0.4, 0.5) is 5.00 Å². The Morgan fingerprint density at radius 1 is 1.10 bits per heavy atom. The molecule has 2 aromatic heterocycles.